The van der Waals surface area contributed by atoms with Crippen molar-refractivity contribution in [2.45, 2.75) is 26.3 Å². The zero-order valence-electron chi connectivity index (χ0n) is 6.04. The molecule has 1 aromatic heterocycles. The van der Waals surface area contributed by atoms with Crippen LogP contribution in [0.1, 0.15) is 19.8 Å². The molecule has 0 bridgehead atoms. The molecule has 1 heterocycles. The van der Waals surface area contributed by atoms with E-state index < -0.39 is 0 Å². The van der Waals surface area contributed by atoms with Crippen LogP contribution in [0.5, 0.6) is 0 Å². The van der Waals surface area contributed by atoms with E-state index in [9.17, 15) is 4.79 Å². The molecule has 0 radical (unpaired) electrons. The minimum atomic E-state index is 0.137. The van der Waals surface area contributed by atoms with Crippen LogP contribution in [0.3, 0.4) is 0 Å². The highest BCUT2D eigenvalue weighted by atomic mass is 32.1. The molecule has 0 fully saturated rings. The summed E-state index contributed by atoms with van der Waals surface area (Å²) < 4.78 is 1.78. The molecule has 0 amide bonds. The summed E-state index contributed by atoms with van der Waals surface area (Å²) in [6.07, 6.45) is 2.24. The van der Waals surface area contributed by atoms with Gasteiger partial charge in [0.25, 0.3) is 5.56 Å². The largest absolute Gasteiger partial charge is 0.268 e. The van der Waals surface area contributed by atoms with E-state index in [2.05, 4.69) is 6.92 Å². The van der Waals surface area contributed by atoms with Gasteiger partial charge in [0, 0.05) is 18.0 Å². The van der Waals surface area contributed by atoms with Crippen molar-refractivity contribution in [1.82, 2.24) is 3.96 Å². The van der Waals surface area contributed by atoms with E-state index in [1.807, 2.05) is 5.38 Å². The van der Waals surface area contributed by atoms with Gasteiger partial charge in [-0.05, 0) is 6.42 Å². The van der Waals surface area contributed by atoms with Gasteiger partial charge in [0.1, 0.15) is 0 Å². The molecule has 0 atom stereocenters. The third-order valence-electron chi connectivity index (χ3n) is 1.36. The van der Waals surface area contributed by atoms with E-state index in [0.717, 1.165) is 19.4 Å². The normalized spacial score (nSPS) is 10.1. The molecule has 0 aliphatic heterocycles. The second kappa shape index (κ2) is 3.56. The van der Waals surface area contributed by atoms with Crippen LogP contribution < -0.4 is 5.56 Å². The molecule has 0 spiro atoms. The van der Waals surface area contributed by atoms with Gasteiger partial charge in [-0.2, -0.15) is 0 Å². The lowest BCUT2D eigenvalue weighted by Gasteiger charge is -1.95. The average molecular weight is 157 g/mol. The average Bonchev–Trinajstić information content (AvgIpc) is 2.31. The summed E-state index contributed by atoms with van der Waals surface area (Å²) >= 11 is 1.49. The predicted molar refractivity (Wildman–Crippen MR) is 43.5 cm³/mol. The number of hydrogen-bond donors (Lipinski definition) is 0. The summed E-state index contributed by atoms with van der Waals surface area (Å²) in [6, 6.07) is 1.61. The fourth-order valence-corrected chi connectivity index (χ4v) is 1.49. The number of rotatable bonds is 3. The Bertz CT molecular complexity index is 238. The molecule has 3 heteroatoms. The van der Waals surface area contributed by atoms with Crippen molar-refractivity contribution in [3.05, 3.63) is 21.8 Å². The van der Waals surface area contributed by atoms with E-state index in [1.54, 1.807) is 10.0 Å². The number of hydrogen-bond acceptors (Lipinski definition) is 2. The highest BCUT2D eigenvalue weighted by molar-refractivity contribution is 7.04. The lowest BCUT2D eigenvalue weighted by atomic mass is 10.3. The number of aromatic nitrogens is 1. The standard InChI is InChI=1S/C7H11NOS/c1-2-3-5-8-7(9)4-6-10-8/h4,6H,2-3,5H2,1H3. The van der Waals surface area contributed by atoms with Gasteiger partial charge >= 0.3 is 0 Å². The van der Waals surface area contributed by atoms with E-state index >= 15 is 0 Å². The van der Waals surface area contributed by atoms with E-state index in [-0.39, 0.29) is 5.56 Å². The smallest absolute Gasteiger partial charge is 0.260 e. The van der Waals surface area contributed by atoms with Gasteiger partial charge in [0.15, 0.2) is 0 Å². The van der Waals surface area contributed by atoms with Gasteiger partial charge in [0.2, 0.25) is 0 Å². The minimum Gasteiger partial charge on any atom is -0.268 e. The van der Waals surface area contributed by atoms with Crippen LogP contribution in [0.2, 0.25) is 0 Å². The first-order valence-electron chi connectivity index (χ1n) is 3.49. The fraction of sp³-hybridized carbons (Fsp3) is 0.571. The molecule has 2 nitrogen and oxygen atoms in total. The molecule has 0 aliphatic rings. The van der Waals surface area contributed by atoms with Gasteiger partial charge in [-0.25, -0.2) is 0 Å². The lowest BCUT2D eigenvalue weighted by molar-refractivity contribution is 0.658. The quantitative estimate of drug-likeness (QED) is 0.654. The molecular weight excluding hydrogens is 146 g/mol. The fourth-order valence-electron chi connectivity index (χ4n) is 0.762. The van der Waals surface area contributed by atoms with Crippen molar-refractivity contribution >= 4 is 11.5 Å². The maximum atomic E-state index is 10.9. The first-order chi connectivity index (χ1) is 4.84. The van der Waals surface area contributed by atoms with Gasteiger partial charge in [-0.3, -0.25) is 8.75 Å². The van der Waals surface area contributed by atoms with Crippen LogP contribution >= 0.6 is 11.5 Å². The van der Waals surface area contributed by atoms with Crippen LogP contribution in [0.15, 0.2) is 16.2 Å². The van der Waals surface area contributed by atoms with Gasteiger partial charge in [0.05, 0.1) is 0 Å². The molecule has 0 N–H and O–H groups in total. The van der Waals surface area contributed by atoms with Crippen molar-refractivity contribution in [2.24, 2.45) is 0 Å². The van der Waals surface area contributed by atoms with Crippen molar-refractivity contribution in [1.29, 1.82) is 0 Å². The summed E-state index contributed by atoms with van der Waals surface area (Å²) in [6.45, 7) is 3.01. The third-order valence-corrected chi connectivity index (χ3v) is 2.23. The first-order valence-corrected chi connectivity index (χ1v) is 4.33. The third kappa shape index (κ3) is 1.70. The highest BCUT2D eigenvalue weighted by Crippen LogP contribution is 1.96. The van der Waals surface area contributed by atoms with Crippen molar-refractivity contribution in [3.8, 4) is 0 Å². The monoisotopic (exact) mass is 157 g/mol. The molecular formula is C7H11NOS. The zero-order chi connectivity index (χ0) is 7.40. The summed E-state index contributed by atoms with van der Waals surface area (Å²) in [7, 11) is 0. The van der Waals surface area contributed by atoms with Gasteiger partial charge in [-0.1, -0.05) is 24.9 Å². The lowest BCUT2D eigenvalue weighted by Crippen LogP contribution is -2.11. The zero-order valence-corrected chi connectivity index (χ0v) is 6.86. The van der Waals surface area contributed by atoms with Crippen LogP contribution in [-0.2, 0) is 6.54 Å². The summed E-state index contributed by atoms with van der Waals surface area (Å²) in [4.78, 5) is 10.9. The van der Waals surface area contributed by atoms with Gasteiger partial charge in [-0.15, -0.1) is 0 Å². The van der Waals surface area contributed by atoms with Gasteiger partial charge < -0.3 is 0 Å². The highest BCUT2D eigenvalue weighted by Gasteiger charge is 1.93. The molecule has 0 aliphatic carbocycles. The van der Waals surface area contributed by atoms with Crippen LogP contribution in [0.4, 0.5) is 0 Å². The summed E-state index contributed by atoms with van der Waals surface area (Å²) in [5.41, 5.74) is 0.137. The van der Waals surface area contributed by atoms with Crippen LogP contribution in [-0.4, -0.2) is 3.96 Å². The Hall–Kier alpha value is -0.570. The van der Waals surface area contributed by atoms with Crippen LogP contribution in [0.25, 0.3) is 0 Å². The Morgan fingerprint density at radius 3 is 3.00 bits per heavy atom. The summed E-state index contributed by atoms with van der Waals surface area (Å²) in [5, 5.41) is 1.83. The SMILES string of the molecule is CCCCn1sccc1=O. The van der Waals surface area contributed by atoms with Crippen LogP contribution in [0, 0.1) is 0 Å². The Balaban J connectivity index is 2.57. The maximum Gasteiger partial charge on any atom is 0.260 e. The minimum absolute atomic E-state index is 0.137. The van der Waals surface area contributed by atoms with E-state index in [0.29, 0.717) is 0 Å². The molecule has 56 valence electrons. The van der Waals surface area contributed by atoms with Crippen molar-refractivity contribution in [2.75, 3.05) is 0 Å². The maximum absolute atomic E-state index is 10.9. The van der Waals surface area contributed by atoms with E-state index in [4.69, 9.17) is 0 Å². The molecule has 0 saturated carbocycles. The molecule has 0 unspecified atom stereocenters. The van der Waals surface area contributed by atoms with Crippen molar-refractivity contribution < 1.29 is 0 Å². The Kier molecular flexibility index (Phi) is 2.68. The molecule has 1 aromatic rings. The molecule has 10 heavy (non-hydrogen) atoms. The Morgan fingerprint density at radius 1 is 1.70 bits per heavy atom. The first kappa shape index (κ1) is 7.54. The topological polar surface area (TPSA) is 22.0 Å². The second-order valence-corrected chi connectivity index (χ2v) is 3.13. The second-order valence-electron chi connectivity index (χ2n) is 2.20. The molecule has 1 rings (SSSR count). The summed E-state index contributed by atoms with van der Waals surface area (Å²) in [5.74, 6) is 0. The molecule has 0 saturated heterocycles. The number of aryl methyl sites for hydroxylation is 1. The van der Waals surface area contributed by atoms with E-state index in [1.165, 1.54) is 11.5 Å². The predicted octanol–water partition coefficient (Wildman–Crippen LogP) is 1.71. The Labute approximate surface area is 64.3 Å². The Morgan fingerprint density at radius 2 is 2.50 bits per heavy atom. The number of nitrogens with zero attached hydrogens (tertiary/aromatic N) is 1. The molecule has 0 aromatic carbocycles. The van der Waals surface area contributed by atoms with Crippen molar-refractivity contribution in [3.63, 3.8) is 0 Å². The number of unbranched alkanes of at least 4 members (excludes halogenated alkanes) is 1.